The molecule has 0 unspecified atom stereocenters. The normalized spacial score (nSPS) is 22.5. The number of carbonyl (C=O) groups is 1. The van der Waals surface area contributed by atoms with E-state index in [1.165, 1.54) is 12.8 Å². The molecule has 1 N–H and O–H groups in total. The van der Waals surface area contributed by atoms with Crippen LogP contribution in [-0.2, 0) is 16.1 Å². The molecule has 0 aromatic heterocycles. The van der Waals surface area contributed by atoms with Crippen LogP contribution in [0, 0.1) is 5.92 Å². The van der Waals surface area contributed by atoms with Crippen molar-refractivity contribution < 1.29 is 14.6 Å². The number of hydrogen-bond acceptors (Lipinski definition) is 4. The molecule has 1 atom stereocenters. The highest BCUT2D eigenvalue weighted by atomic mass is 16.5. The van der Waals surface area contributed by atoms with Crippen molar-refractivity contribution in [1.29, 1.82) is 0 Å². The van der Waals surface area contributed by atoms with Crippen LogP contribution >= 0.6 is 0 Å². The molecule has 3 rings (SSSR count). The lowest BCUT2D eigenvalue weighted by molar-refractivity contribution is -0.149. The van der Waals surface area contributed by atoms with Crippen molar-refractivity contribution in [1.82, 2.24) is 9.80 Å². The number of nitrogens with zero attached hydrogens (tertiary/aromatic N) is 2. The molecule has 1 aliphatic carbocycles. The molecule has 22 heavy (non-hydrogen) atoms. The number of hydrogen-bond donors (Lipinski definition) is 1. The maximum absolute atomic E-state index is 12.8. The van der Waals surface area contributed by atoms with Crippen molar-refractivity contribution >= 4 is 5.91 Å². The van der Waals surface area contributed by atoms with Crippen LogP contribution in [0.4, 0.5) is 0 Å². The fourth-order valence-corrected chi connectivity index (χ4v) is 2.80. The average Bonchev–Trinajstić information content (AvgIpc) is 3.32. The van der Waals surface area contributed by atoms with E-state index in [9.17, 15) is 9.90 Å². The third kappa shape index (κ3) is 3.99. The Morgan fingerprint density at radius 3 is 2.73 bits per heavy atom. The molecule has 0 spiro atoms. The van der Waals surface area contributed by atoms with Gasteiger partial charge in [0.25, 0.3) is 5.91 Å². The van der Waals surface area contributed by atoms with Gasteiger partial charge in [-0.25, -0.2) is 0 Å². The zero-order valence-corrected chi connectivity index (χ0v) is 13.1. The fourth-order valence-electron chi connectivity index (χ4n) is 2.80. The predicted octanol–water partition coefficient (Wildman–Crippen LogP) is 1.46. The SMILES string of the molecule is CN1CCO[C@H](C(=O)N(Cc2ccc(O)cc2)CC2CC2)C1. The molecule has 1 saturated carbocycles. The number of ether oxygens (including phenoxy) is 1. The Kier molecular flexibility index (Phi) is 4.64. The Morgan fingerprint density at radius 2 is 2.09 bits per heavy atom. The molecule has 1 heterocycles. The van der Waals surface area contributed by atoms with E-state index in [1.54, 1.807) is 12.1 Å². The summed E-state index contributed by atoms with van der Waals surface area (Å²) in [6, 6.07) is 7.08. The van der Waals surface area contributed by atoms with E-state index in [0.29, 0.717) is 25.6 Å². The monoisotopic (exact) mass is 304 g/mol. The minimum atomic E-state index is -0.352. The first kappa shape index (κ1) is 15.3. The zero-order valence-electron chi connectivity index (χ0n) is 13.1. The van der Waals surface area contributed by atoms with Gasteiger partial charge in [-0.05, 0) is 43.5 Å². The summed E-state index contributed by atoms with van der Waals surface area (Å²) in [7, 11) is 2.02. The molecule has 2 fully saturated rings. The standard InChI is InChI=1S/C17H24N2O3/c1-18-8-9-22-16(12-18)17(21)19(10-13-2-3-13)11-14-4-6-15(20)7-5-14/h4-7,13,16,20H,2-3,8-12H2,1H3/t16-/m0/s1. The van der Waals surface area contributed by atoms with E-state index in [0.717, 1.165) is 18.7 Å². The highest BCUT2D eigenvalue weighted by Crippen LogP contribution is 2.30. The summed E-state index contributed by atoms with van der Waals surface area (Å²) >= 11 is 0. The van der Waals surface area contributed by atoms with Crippen molar-refractivity contribution in [2.45, 2.75) is 25.5 Å². The van der Waals surface area contributed by atoms with Crippen LogP contribution in [0.25, 0.3) is 0 Å². The molecular weight excluding hydrogens is 280 g/mol. The number of benzene rings is 1. The predicted molar refractivity (Wildman–Crippen MR) is 83.5 cm³/mol. The topological polar surface area (TPSA) is 53.0 Å². The molecule has 5 nitrogen and oxygen atoms in total. The van der Waals surface area contributed by atoms with Crippen LogP contribution in [0.1, 0.15) is 18.4 Å². The summed E-state index contributed by atoms with van der Waals surface area (Å²) < 4.78 is 5.68. The lowest BCUT2D eigenvalue weighted by atomic mass is 10.1. The molecule has 1 amide bonds. The van der Waals surface area contributed by atoms with Crippen LogP contribution in [-0.4, -0.2) is 60.2 Å². The molecule has 1 aliphatic heterocycles. The van der Waals surface area contributed by atoms with Gasteiger partial charge in [-0.1, -0.05) is 12.1 Å². The number of likely N-dealkylation sites (N-methyl/N-ethyl adjacent to an activating group) is 1. The van der Waals surface area contributed by atoms with Crippen molar-refractivity contribution in [3.05, 3.63) is 29.8 Å². The van der Waals surface area contributed by atoms with Crippen LogP contribution in [0.15, 0.2) is 24.3 Å². The number of phenols is 1. The van der Waals surface area contributed by atoms with Gasteiger partial charge in [0.05, 0.1) is 6.61 Å². The summed E-state index contributed by atoms with van der Waals surface area (Å²) in [4.78, 5) is 16.9. The second kappa shape index (κ2) is 6.67. The highest BCUT2D eigenvalue weighted by Gasteiger charge is 2.32. The van der Waals surface area contributed by atoms with Gasteiger partial charge in [0.2, 0.25) is 0 Å². The van der Waals surface area contributed by atoms with E-state index in [2.05, 4.69) is 4.90 Å². The summed E-state index contributed by atoms with van der Waals surface area (Å²) in [5.41, 5.74) is 1.04. The summed E-state index contributed by atoms with van der Waals surface area (Å²) in [6.45, 7) is 3.55. The molecule has 0 bridgehead atoms. The highest BCUT2D eigenvalue weighted by molar-refractivity contribution is 5.81. The largest absolute Gasteiger partial charge is 0.508 e. The Bertz CT molecular complexity index is 513. The molecule has 5 heteroatoms. The van der Waals surface area contributed by atoms with Crippen molar-refractivity contribution in [3.63, 3.8) is 0 Å². The molecule has 120 valence electrons. The molecule has 1 aromatic carbocycles. The van der Waals surface area contributed by atoms with Gasteiger partial charge in [0.1, 0.15) is 11.9 Å². The Morgan fingerprint density at radius 1 is 1.36 bits per heavy atom. The first-order chi connectivity index (χ1) is 10.6. The van der Waals surface area contributed by atoms with E-state index in [1.807, 2.05) is 24.1 Å². The van der Waals surface area contributed by atoms with Gasteiger partial charge < -0.3 is 19.6 Å². The molecule has 0 radical (unpaired) electrons. The second-order valence-electron chi connectivity index (χ2n) is 6.45. The molecular formula is C17H24N2O3. The Hall–Kier alpha value is -1.59. The van der Waals surface area contributed by atoms with E-state index in [4.69, 9.17) is 4.74 Å². The van der Waals surface area contributed by atoms with E-state index >= 15 is 0 Å². The van der Waals surface area contributed by atoms with Gasteiger partial charge >= 0.3 is 0 Å². The Labute approximate surface area is 131 Å². The number of carbonyl (C=O) groups excluding carboxylic acids is 1. The quantitative estimate of drug-likeness (QED) is 0.895. The smallest absolute Gasteiger partial charge is 0.253 e. The van der Waals surface area contributed by atoms with Gasteiger partial charge in [-0.15, -0.1) is 0 Å². The van der Waals surface area contributed by atoms with Gasteiger partial charge in [-0.2, -0.15) is 0 Å². The first-order valence-electron chi connectivity index (χ1n) is 7.98. The zero-order chi connectivity index (χ0) is 15.5. The summed E-state index contributed by atoms with van der Waals surface area (Å²) in [5, 5.41) is 9.38. The van der Waals surface area contributed by atoms with Gasteiger partial charge in [-0.3, -0.25) is 4.79 Å². The molecule has 2 aliphatic rings. The summed E-state index contributed by atoms with van der Waals surface area (Å²) in [5.74, 6) is 0.981. The van der Waals surface area contributed by atoms with Crippen molar-refractivity contribution in [2.75, 3.05) is 33.3 Å². The summed E-state index contributed by atoms with van der Waals surface area (Å²) in [6.07, 6.45) is 2.07. The number of phenolic OH excluding ortho intramolecular Hbond substituents is 1. The van der Waals surface area contributed by atoms with Crippen molar-refractivity contribution in [2.24, 2.45) is 5.92 Å². The van der Waals surface area contributed by atoms with E-state index < -0.39 is 0 Å². The third-order valence-corrected chi connectivity index (χ3v) is 4.34. The fraction of sp³-hybridized carbons (Fsp3) is 0.588. The number of aromatic hydroxyl groups is 1. The van der Waals surface area contributed by atoms with Crippen LogP contribution in [0.3, 0.4) is 0 Å². The lowest BCUT2D eigenvalue weighted by Gasteiger charge is -2.33. The van der Waals surface area contributed by atoms with Crippen LogP contribution < -0.4 is 0 Å². The second-order valence-corrected chi connectivity index (χ2v) is 6.45. The average molecular weight is 304 g/mol. The lowest BCUT2D eigenvalue weighted by Crippen LogP contribution is -2.50. The van der Waals surface area contributed by atoms with Gasteiger partial charge in [0.15, 0.2) is 0 Å². The van der Waals surface area contributed by atoms with Crippen LogP contribution in [0.2, 0.25) is 0 Å². The maximum Gasteiger partial charge on any atom is 0.253 e. The molecule has 1 saturated heterocycles. The van der Waals surface area contributed by atoms with Gasteiger partial charge in [0, 0.05) is 26.2 Å². The number of rotatable bonds is 5. The number of morpholine rings is 1. The molecule has 1 aromatic rings. The number of amides is 1. The maximum atomic E-state index is 12.8. The van der Waals surface area contributed by atoms with Crippen molar-refractivity contribution in [3.8, 4) is 5.75 Å². The Balaban J connectivity index is 1.67. The first-order valence-corrected chi connectivity index (χ1v) is 7.98. The van der Waals surface area contributed by atoms with E-state index in [-0.39, 0.29) is 17.8 Å². The third-order valence-electron chi connectivity index (χ3n) is 4.34. The minimum absolute atomic E-state index is 0.0894. The van der Waals surface area contributed by atoms with Crippen LogP contribution in [0.5, 0.6) is 5.75 Å². The minimum Gasteiger partial charge on any atom is -0.508 e.